The Morgan fingerprint density at radius 1 is 1.25 bits per heavy atom. The lowest BCUT2D eigenvalue weighted by Gasteiger charge is -2.07. The number of aryl methyl sites for hydroxylation is 2. The number of esters is 1. The number of thiophene rings is 1. The lowest BCUT2D eigenvalue weighted by molar-refractivity contribution is -0.116. The third-order valence-corrected chi connectivity index (χ3v) is 5.15. The molecule has 1 N–H and O–H groups in total. The molecule has 0 aliphatic heterocycles. The molecule has 0 saturated carbocycles. The summed E-state index contributed by atoms with van der Waals surface area (Å²) in [6.45, 7) is 5.38. The summed E-state index contributed by atoms with van der Waals surface area (Å²) in [7, 11) is 0. The van der Waals surface area contributed by atoms with Crippen LogP contribution < -0.4 is 11.1 Å². The van der Waals surface area contributed by atoms with Gasteiger partial charge in [0.15, 0.2) is 5.82 Å². The summed E-state index contributed by atoms with van der Waals surface area (Å²) in [6.07, 6.45) is 0. The van der Waals surface area contributed by atoms with E-state index >= 15 is 0 Å². The number of hydrogen-bond acceptors (Lipinski definition) is 7. The minimum Gasteiger partial charge on any atom is -0.462 e. The van der Waals surface area contributed by atoms with Crippen LogP contribution >= 0.6 is 11.3 Å². The average molecular weight is 401 g/mol. The van der Waals surface area contributed by atoms with Crippen molar-refractivity contribution in [2.24, 2.45) is 0 Å². The number of rotatable bonds is 6. The van der Waals surface area contributed by atoms with Crippen molar-refractivity contribution in [1.82, 2.24) is 9.72 Å². The van der Waals surface area contributed by atoms with Crippen LogP contribution in [0.5, 0.6) is 0 Å². The SMILES string of the molecule is CCOC(=O)c1sc(NC(=O)Cn2c(-c3ccccc3C)noc2=O)cc1C. The number of nitrogens with one attached hydrogen (secondary N) is 1. The number of benzene rings is 1. The van der Waals surface area contributed by atoms with Gasteiger partial charge in [-0.25, -0.2) is 14.2 Å². The molecule has 1 amide bonds. The highest BCUT2D eigenvalue weighted by molar-refractivity contribution is 7.18. The number of hydrogen-bond donors (Lipinski definition) is 1. The van der Waals surface area contributed by atoms with Crippen molar-refractivity contribution < 1.29 is 18.8 Å². The van der Waals surface area contributed by atoms with Gasteiger partial charge in [0.25, 0.3) is 0 Å². The highest BCUT2D eigenvalue weighted by atomic mass is 32.1. The number of amides is 1. The second kappa shape index (κ2) is 8.22. The largest absolute Gasteiger partial charge is 0.462 e. The third kappa shape index (κ3) is 4.04. The first-order chi connectivity index (χ1) is 13.4. The van der Waals surface area contributed by atoms with E-state index in [1.165, 1.54) is 4.57 Å². The molecule has 8 nitrogen and oxygen atoms in total. The normalized spacial score (nSPS) is 10.7. The average Bonchev–Trinajstić information content (AvgIpc) is 3.19. The molecular weight excluding hydrogens is 382 g/mol. The quantitative estimate of drug-likeness (QED) is 0.637. The Balaban J connectivity index is 1.79. The molecule has 0 radical (unpaired) electrons. The molecule has 0 bridgehead atoms. The van der Waals surface area contributed by atoms with Crippen LogP contribution in [-0.4, -0.2) is 28.2 Å². The van der Waals surface area contributed by atoms with Crippen molar-refractivity contribution >= 4 is 28.2 Å². The first-order valence-corrected chi connectivity index (χ1v) is 9.42. The summed E-state index contributed by atoms with van der Waals surface area (Å²) in [5.74, 6) is -1.30. The molecule has 0 saturated heterocycles. The molecular formula is C19H19N3O5S. The van der Waals surface area contributed by atoms with Gasteiger partial charge in [0.05, 0.1) is 11.6 Å². The van der Waals surface area contributed by atoms with Gasteiger partial charge < -0.3 is 10.1 Å². The highest BCUT2D eigenvalue weighted by Crippen LogP contribution is 2.27. The van der Waals surface area contributed by atoms with Gasteiger partial charge in [-0.15, -0.1) is 11.3 Å². The van der Waals surface area contributed by atoms with Crippen molar-refractivity contribution in [3.8, 4) is 11.4 Å². The minimum absolute atomic E-state index is 0.266. The van der Waals surface area contributed by atoms with E-state index in [1.807, 2.05) is 25.1 Å². The van der Waals surface area contributed by atoms with E-state index in [-0.39, 0.29) is 19.0 Å². The molecule has 0 atom stereocenters. The molecule has 0 spiro atoms. The Bertz CT molecular complexity index is 1080. The van der Waals surface area contributed by atoms with Crippen LogP contribution in [0.15, 0.2) is 39.6 Å². The topological polar surface area (TPSA) is 103 Å². The van der Waals surface area contributed by atoms with Gasteiger partial charge in [-0.3, -0.25) is 9.32 Å². The summed E-state index contributed by atoms with van der Waals surface area (Å²) in [5, 5.41) is 7.00. The third-order valence-electron chi connectivity index (χ3n) is 4.02. The first-order valence-electron chi connectivity index (χ1n) is 8.60. The van der Waals surface area contributed by atoms with E-state index in [0.717, 1.165) is 16.9 Å². The molecule has 146 valence electrons. The number of carbonyl (C=O) groups is 2. The van der Waals surface area contributed by atoms with Gasteiger partial charge in [-0.1, -0.05) is 29.4 Å². The molecule has 0 fully saturated rings. The van der Waals surface area contributed by atoms with Crippen molar-refractivity contribution in [1.29, 1.82) is 0 Å². The van der Waals surface area contributed by atoms with Crippen LogP contribution in [0.1, 0.15) is 27.7 Å². The Kier molecular flexibility index (Phi) is 5.74. The summed E-state index contributed by atoms with van der Waals surface area (Å²) in [5.41, 5.74) is 2.32. The van der Waals surface area contributed by atoms with E-state index in [2.05, 4.69) is 10.5 Å². The number of carbonyl (C=O) groups excluding carboxylic acids is 2. The predicted octanol–water partition coefficient (Wildman–Crippen LogP) is 3.00. The van der Waals surface area contributed by atoms with Gasteiger partial charge in [0, 0.05) is 5.56 Å². The Morgan fingerprint density at radius 3 is 2.71 bits per heavy atom. The van der Waals surface area contributed by atoms with Crippen LogP contribution in [0, 0.1) is 13.8 Å². The molecule has 9 heteroatoms. The summed E-state index contributed by atoms with van der Waals surface area (Å²) >= 11 is 1.12. The lowest BCUT2D eigenvalue weighted by atomic mass is 10.1. The van der Waals surface area contributed by atoms with Crippen LogP contribution in [0.4, 0.5) is 5.00 Å². The molecule has 28 heavy (non-hydrogen) atoms. The second-order valence-electron chi connectivity index (χ2n) is 6.06. The fraction of sp³-hybridized carbons (Fsp3) is 0.263. The Morgan fingerprint density at radius 2 is 2.00 bits per heavy atom. The zero-order valence-electron chi connectivity index (χ0n) is 15.6. The van der Waals surface area contributed by atoms with E-state index in [9.17, 15) is 14.4 Å². The summed E-state index contributed by atoms with van der Waals surface area (Å²) in [6, 6.07) is 9.05. The van der Waals surface area contributed by atoms with Crippen molar-refractivity contribution in [3.05, 3.63) is 56.9 Å². The van der Waals surface area contributed by atoms with E-state index < -0.39 is 17.6 Å². The Hall–Kier alpha value is -3.20. The smallest absolute Gasteiger partial charge is 0.442 e. The van der Waals surface area contributed by atoms with Crippen LogP contribution in [0.3, 0.4) is 0 Å². The molecule has 2 aromatic heterocycles. The van der Waals surface area contributed by atoms with E-state index in [0.29, 0.717) is 21.0 Å². The van der Waals surface area contributed by atoms with E-state index in [1.54, 1.807) is 26.0 Å². The maximum absolute atomic E-state index is 12.5. The van der Waals surface area contributed by atoms with Crippen LogP contribution in [0.25, 0.3) is 11.4 Å². The van der Waals surface area contributed by atoms with Gasteiger partial charge >= 0.3 is 11.7 Å². The maximum Gasteiger partial charge on any atom is 0.442 e. The summed E-state index contributed by atoms with van der Waals surface area (Å²) in [4.78, 5) is 36.8. The summed E-state index contributed by atoms with van der Waals surface area (Å²) < 4.78 is 10.9. The van der Waals surface area contributed by atoms with Gasteiger partial charge in [0.1, 0.15) is 11.4 Å². The molecule has 1 aromatic carbocycles. The minimum atomic E-state index is -0.719. The first kappa shape index (κ1) is 19.6. The maximum atomic E-state index is 12.5. The number of anilines is 1. The predicted molar refractivity (Wildman–Crippen MR) is 105 cm³/mol. The molecule has 0 aliphatic carbocycles. The van der Waals surface area contributed by atoms with Crippen LogP contribution in [0.2, 0.25) is 0 Å². The zero-order valence-corrected chi connectivity index (χ0v) is 16.5. The van der Waals surface area contributed by atoms with E-state index in [4.69, 9.17) is 9.26 Å². The van der Waals surface area contributed by atoms with Crippen molar-refractivity contribution in [2.45, 2.75) is 27.3 Å². The highest BCUT2D eigenvalue weighted by Gasteiger charge is 2.19. The molecule has 3 rings (SSSR count). The van der Waals surface area contributed by atoms with Crippen molar-refractivity contribution in [3.63, 3.8) is 0 Å². The van der Waals surface area contributed by atoms with Crippen molar-refractivity contribution in [2.75, 3.05) is 11.9 Å². The van der Waals surface area contributed by atoms with Gasteiger partial charge in [-0.2, -0.15) is 0 Å². The van der Waals surface area contributed by atoms with Gasteiger partial charge in [0.2, 0.25) is 5.91 Å². The monoisotopic (exact) mass is 401 g/mol. The fourth-order valence-corrected chi connectivity index (χ4v) is 3.67. The second-order valence-corrected chi connectivity index (χ2v) is 7.12. The molecule has 3 aromatic rings. The fourth-order valence-electron chi connectivity index (χ4n) is 2.69. The lowest BCUT2D eigenvalue weighted by Crippen LogP contribution is -2.25. The Labute approximate surface area is 164 Å². The van der Waals surface area contributed by atoms with Crippen LogP contribution in [-0.2, 0) is 16.1 Å². The number of nitrogens with zero attached hydrogens (tertiary/aromatic N) is 2. The molecule has 0 unspecified atom stereocenters. The standard InChI is InChI=1S/C19H19N3O5S/c1-4-26-18(24)16-12(3)9-15(28-16)20-14(23)10-22-17(21-27-19(22)25)13-8-6-5-7-11(13)2/h5-9H,4,10H2,1-3H3,(H,20,23). The molecule has 2 heterocycles. The zero-order chi connectivity index (χ0) is 20.3. The van der Waals surface area contributed by atoms with Gasteiger partial charge in [-0.05, 0) is 38.0 Å². The number of aromatic nitrogens is 2. The number of ether oxygens (including phenoxy) is 1. The molecule has 0 aliphatic rings.